The monoisotopic (exact) mass is 584 g/mol. The van der Waals surface area contributed by atoms with Crippen molar-refractivity contribution in [1.82, 2.24) is 20.0 Å². The molecule has 4 aliphatic heterocycles. The number of fused-ring (bicyclic) bond motifs is 1. The minimum atomic E-state index is -0.830. The van der Waals surface area contributed by atoms with Gasteiger partial charge in [-0.2, -0.15) is 0 Å². The molecule has 0 bridgehead atoms. The fourth-order valence-corrected chi connectivity index (χ4v) is 6.49. The zero-order valence-electron chi connectivity index (χ0n) is 20.0. The highest BCUT2D eigenvalue weighted by molar-refractivity contribution is 14.1. The number of hydrogen-bond acceptors (Lipinski definition) is 6. The van der Waals surface area contributed by atoms with E-state index in [1.807, 2.05) is 9.19 Å². The molecule has 4 heterocycles. The van der Waals surface area contributed by atoms with Crippen molar-refractivity contribution >= 4 is 34.2 Å². The van der Waals surface area contributed by atoms with E-state index in [1.54, 1.807) is 0 Å². The molecule has 1 aromatic carbocycles. The van der Waals surface area contributed by atoms with Gasteiger partial charge in [-0.25, -0.2) is 8.78 Å². The van der Waals surface area contributed by atoms with Gasteiger partial charge in [0, 0.05) is 43.9 Å². The highest BCUT2D eigenvalue weighted by Gasteiger charge is 2.34. The van der Waals surface area contributed by atoms with E-state index >= 15 is 0 Å². The second-order valence-corrected chi connectivity index (χ2v) is 11.1. The average molecular weight is 584 g/mol. The molecule has 0 spiro atoms. The molecule has 2 atom stereocenters. The number of halogens is 3. The standard InChI is InChI=1S/C25H35F2IN6/c1-17(2)31-11-7-18(8-12-31)32-9-4-10-33(14-13-32)24-6-3-5-21(29-24)25-30-22-15-19(26)20(27)16-23(22)34(25)28/h3,5-6,15-18,24-25,29-30H,4,7-14H2,1-2H3. The molecule has 0 radical (unpaired) electrons. The number of rotatable bonds is 4. The Morgan fingerprint density at radius 3 is 2.41 bits per heavy atom. The molecule has 0 aromatic heterocycles. The van der Waals surface area contributed by atoms with Crippen LogP contribution in [0.3, 0.4) is 0 Å². The highest BCUT2D eigenvalue weighted by Crippen LogP contribution is 2.40. The van der Waals surface area contributed by atoms with Gasteiger partial charge in [0.2, 0.25) is 0 Å². The van der Waals surface area contributed by atoms with Gasteiger partial charge in [-0.1, -0.05) is 6.08 Å². The third-order valence-electron chi connectivity index (χ3n) is 7.67. The molecular formula is C25H35F2IN6. The molecule has 4 aliphatic rings. The van der Waals surface area contributed by atoms with Crippen molar-refractivity contribution in [2.45, 2.75) is 57.5 Å². The maximum Gasteiger partial charge on any atom is 0.161 e. The summed E-state index contributed by atoms with van der Waals surface area (Å²) in [7, 11) is 0. The molecule has 0 amide bonds. The summed E-state index contributed by atoms with van der Waals surface area (Å²) < 4.78 is 29.5. The summed E-state index contributed by atoms with van der Waals surface area (Å²) in [6.07, 6.45) is 9.98. The Balaban J connectivity index is 1.18. The number of dihydropyridines is 1. The molecular weight excluding hydrogens is 549 g/mol. The lowest BCUT2D eigenvalue weighted by Gasteiger charge is -2.40. The van der Waals surface area contributed by atoms with Gasteiger partial charge in [-0.15, -0.1) is 0 Å². The van der Waals surface area contributed by atoms with E-state index in [1.165, 1.54) is 51.0 Å². The van der Waals surface area contributed by atoms with Crippen molar-refractivity contribution in [2.24, 2.45) is 0 Å². The van der Waals surface area contributed by atoms with Crippen molar-refractivity contribution < 1.29 is 8.78 Å². The molecule has 6 nitrogen and oxygen atoms in total. The van der Waals surface area contributed by atoms with Crippen molar-refractivity contribution in [2.75, 3.05) is 47.7 Å². The number of nitrogens with one attached hydrogen (secondary N) is 2. The number of allylic oxidation sites excluding steroid dienone is 2. The predicted octanol–water partition coefficient (Wildman–Crippen LogP) is 4.12. The van der Waals surface area contributed by atoms with Gasteiger partial charge in [-0.3, -0.25) is 12.9 Å². The van der Waals surface area contributed by atoms with E-state index in [2.05, 4.69) is 74.2 Å². The van der Waals surface area contributed by atoms with Gasteiger partial charge >= 0.3 is 0 Å². The number of anilines is 2. The summed E-state index contributed by atoms with van der Waals surface area (Å²) in [4.78, 5) is 7.83. The first-order valence-electron chi connectivity index (χ1n) is 12.5. The molecule has 2 fully saturated rings. The van der Waals surface area contributed by atoms with Gasteiger partial charge in [0.1, 0.15) is 6.17 Å². The summed E-state index contributed by atoms with van der Waals surface area (Å²) in [6.45, 7) is 11.4. The summed E-state index contributed by atoms with van der Waals surface area (Å²) in [5.41, 5.74) is 2.27. The van der Waals surface area contributed by atoms with Crippen LogP contribution < -0.4 is 13.7 Å². The molecule has 2 saturated heterocycles. The normalized spacial score (nSPS) is 27.4. The Hall–Kier alpha value is -1.43. The molecule has 186 valence electrons. The summed E-state index contributed by atoms with van der Waals surface area (Å²) in [6, 6.07) is 3.85. The van der Waals surface area contributed by atoms with E-state index in [9.17, 15) is 8.78 Å². The zero-order chi connectivity index (χ0) is 23.8. The van der Waals surface area contributed by atoms with Crippen LogP contribution in [0.5, 0.6) is 0 Å². The molecule has 1 aromatic rings. The third-order valence-corrected chi connectivity index (χ3v) is 8.75. The van der Waals surface area contributed by atoms with Crippen LogP contribution in [0.2, 0.25) is 0 Å². The molecule has 34 heavy (non-hydrogen) atoms. The lowest BCUT2D eigenvalue weighted by atomic mass is 10.0. The molecule has 2 N–H and O–H groups in total. The second-order valence-electron chi connectivity index (χ2n) is 10.0. The third kappa shape index (κ3) is 4.94. The number of likely N-dealkylation sites (tertiary alicyclic amines) is 1. The van der Waals surface area contributed by atoms with Crippen molar-refractivity contribution in [1.29, 1.82) is 0 Å². The Morgan fingerprint density at radius 2 is 1.65 bits per heavy atom. The van der Waals surface area contributed by atoms with E-state index in [4.69, 9.17) is 0 Å². The Labute approximate surface area is 215 Å². The van der Waals surface area contributed by atoms with E-state index < -0.39 is 11.6 Å². The van der Waals surface area contributed by atoms with Crippen LogP contribution in [0.15, 0.2) is 36.1 Å². The number of piperidine rings is 1. The minimum Gasteiger partial charge on any atom is -0.366 e. The van der Waals surface area contributed by atoms with E-state index in [0.29, 0.717) is 23.5 Å². The fourth-order valence-electron chi connectivity index (χ4n) is 5.65. The van der Waals surface area contributed by atoms with Crippen LogP contribution in [0.25, 0.3) is 0 Å². The topological polar surface area (TPSA) is 37.0 Å². The van der Waals surface area contributed by atoms with Gasteiger partial charge in [0.25, 0.3) is 0 Å². The summed E-state index contributed by atoms with van der Waals surface area (Å²) in [5, 5.41) is 7.01. The minimum absolute atomic E-state index is 0.117. The largest absolute Gasteiger partial charge is 0.366 e. The van der Waals surface area contributed by atoms with Crippen LogP contribution in [0.1, 0.15) is 33.1 Å². The number of benzene rings is 1. The lowest BCUT2D eigenvalue weighted by Crippen LogP contribution is -2.51. The van der Waals surface area contributed by atoms with Crippen LogP contribution in [0, 0.1) is 11.6 Å². The van der Waals surface area contributed by atoms with Gasteiger partial charge < -0.3 is 15.5 Å². The SMILES string of the molecule is CC(C)N1CCC(N2CCCN(C3C=CC=C(C4Nc5cc(F)c(F)cc5N4I)N3)CC2)CC1. The summed E-state index contributed by atoms with van der Waals surface area (Å²) in [5.74, 6) is -1.65. The maximum absolute atomic E-state index is 13.8. The summed E-state index contributed by atoms with van der Waals surface area (Å²) >= 11 is 2.17. The number of nitrogens with zero attached hydrogens (tertiary/aromatic N) is 4. The molecule has 9 heteroatoms. The Morgan fingerprint density at radius 1 is 0.941 bits per heavy atom. The van der Waals surface area contributed by atoms with Crippen LogP contribution in [-0.2, 0) is 0 Å². The first-order valence-corrected chi connectivity index (χ1v) is 13.4. The maximum atomic E-state index is 13.8. The first-order chi connectivity index (χ1) is 16.4. The van der Waals surface area contributed by atoms with E-state index in [-0.39, 0.29) is 12.3 Å². The van der Waals surface area contributed by atoms with Crippen molar-refractivity contribution in [3.8, 4) is 0 Å². The molecule has 0 saturated carbocycles. The quantitative estimate of drug-likeness (QED) is 0.410. The smallest absolute Gasteiger partial charge is 0.161 e. The number of hydrogen-bond donors (Lipinski definition) is 2. The lowest BCUT2D eigenvalue weighted by molar-refractivity contribution is 0.0928. The molecule has 0 aliphatic carbocycles. The molecule has 5 rings (SSSR count). The first kappa shape index (κ1) is 24.3. The second kappa shape index (κ2) is 10.3. The highest BCUT2D eigenvalue weighted by atomic mass is 127. The zero-order valence-corrected chi connectivity index (χ0v) is 22.1. The van der Waals surface area contributed by atoms with Gasteiger partial charge in [0.15, 0.2) is 11.6 Å². The molecule has 2 unspecified atom stereocenters. The Bertz CT molecular complexity index is 946. The fraction of sp³-hybridized carbons (Fsp3) is 0.600. The van der Waals surface area contributed by atoms with Crippen molar-refractivity contribution in [3.63, 3.8) is 0 Å². The van der Waals surface area contributed by atoms with E-state index in [0.717, 1.165) is 25.3 Å². The van der Waals surface area contributed by atoms with Gasteiger partial charge in [-0.05, 0) is 64.9 Å². The van der Waals surface area contributed by atoms with Crippen molar-refractivity contribution in [3.05, 3.63) is 47.7 Å². The average Bonchev–Trinajstić information content (AvgIpc) is 3.01. The van der Waals surface area contributed by atoms with Crippen LogP contribution in [-0.4, -0.2) is 78.4 Å². The van der Waals surface area contributed by atoms with Gasteiger partial charge in [0.05, 0.1) is 46.1 Å². The van der Waals surface area contributed by atoms with Crippen LogP contribution >= 0.6 is 22.9 Å². The van der Waals surface area contributed by atoms with Crippen LogP contribution in [0.4, 0.5) is 20.2 Å². The Kier molecular flexibility index (Phi) is 7.34. The predicted molar refractivity (Wildman–Crippen MR) is 142 cm³/mol.